The summed E-state index contributed by atoms with van der Waals surface area (Å²) in [7, 11) is 1.33. The summed E-state index contributed by atoms with van der Waals surface area (Å²) in [5.41, 5.74) is 2.11. The first-order valence-electron chi connectivity index (χ1n) is 9.45. The monoisotopic (exact) mass is 448 g/mol. The van der Waals surface area contributed by atoms with E-state index in [1.807, 2.05) is 31.4 Å². The lowest BCUT2D eigenvalue weighted by Gasteiger charge is -2.09. The summed E-state index contributed by atoms with van der Waals surface area (Å²) < 4.78 is 12.2. The molecule has 3 rings (SSSR count). The number of thioether (sulfide) groups is 1. The highest BCUT2D eigenvalue weighted by Gasteiger charge is 2.22. The number of furan rings is 1. The van der Waals surface area contributed by atoms with E-state index < -0.39 is 5.97 Å². The van der Waals surface area contributed by atoms with E-state index in [4.69, 9.17) is 9.15 Å². The predicted octanol–water partition coefficient (Wildman–Crippen LogP) is 4.45. The number of ether oxygens (including phenoxy) is 1. The topological polar surface area (TPSA) is 99.2 Å². The van der Waals surface area contributed by atoms with Gasteiger partial charge in [-0.25, -0.2) is 4.79 Å². The minimum atomic E-state index is -0.456. The maximum Gasteiger partial charge on any atom is 0.341 e. The number of carbonyl (C=O) groups is 2. The second-order valence-corrected chi connectivity index (χ2v) is 8.83. The van der Waals surface area contributed by atoms with Crippen LogP contribution in [0.4, 0.5) is 5.00 Å². The summed E-state index contributed by atoms with van der Waals surface area (Å²) in [6.45, 7) is 8.43. The first-order chi connectivity index (χ1) is 14.4. The van der Waals surface area contributed by atoms with Crippen molar-refractivity contribution in [1.29, 1.82) is 0 Å². The van der Waals surface area contributed by atoms with Gasteiger partial charge < -0.3 is 19.0 Å². The number of thiophene rings is 1. The Morgan fingerprint density at radius 3 is 2.70 bits per heavy atom. The SMILES string of the molecule is CCCn1c(SCC(=O)Nc2sc(C)c(C)c2C(=O)OC)nnc1-c1ccoc1C. The summed E-state index contributed by atoms with van der Waals surface area (Å²) in [5.74, 6) is 0.959. The first kappa shape index (κ1) is 22.1. The Bertz CT molecular complexity index is 1070. The van der Waals surface area contributed by atoms with Crippen LogP contribution in [0, 0.1) is 20.8 Å². The molecule has 1 amide bonds. The summed E-state index contributed by atoms with van der Waals surface area (Å²) >= 11 is 2.67. The van der Waals surface area contributed by atoms with Crippen molar-refractivity contribution in [1.82, 2.24) is 14.8 Å². The van der Waals surface area contributed by atoms with Crippen LogP contribution in [-0.2, 0) is 16.1 Å². The molecule has 0 radical (unpaired) electrons. The number of amides is 1. The van der Waals surface area contributed by atoms with Gasteiger partial charge in [0.15, 0.2) is 11.0 Å². The smallest absolute Gasteiger partial charge is 0.341 e. The van der Waals surface area contributed by atoms with Crippen molar-refractivity contribution < 1.29 is 18.7 Å². The van der Waals surface area contributed by atoms with Crippen LogP contribution < -0.4 is 5.32 Å². The quantitative estimate of drug-likeness (QED) is 0.401. The van der Waals surface area contributed by atoms with Gasteiger partial charge in [0, 0.05) is 11.4 Å². The number of carbonyl (C=O) groups excluding carboxylic acids is 2. The number of esters is 1. The van der Waals surface area contributed by atoms with E-state index in [0.717, 1.165) is 40.6 Å². The molecular formula is C20H24N4O4S2. The summed E-state index contributed by atoms with van der Waals surface area (Å²) in [6.07, 6.45) is 2.53. The van der Waals surface area contributed by atoms with E-state index in [0.29, 0.717) is 15.7 Å². The van der Waals surface area contributed by atoms with Gasteiger partial charge in [-0.2, -0.15) is 0 Å². The number of methoxy groups -OCH3 is 1. The lowest BCUT2D eigenvalue weighted by Crippen LogP contribution is -2.16. The largest absolute Gasteiger partial charge is 0.469 e. The second-order valence-electron chi connectivity index (χ2n) is 6.66. The molecule has 30 heavy (non-hydrogen) atoms. The normalized spacial score (nSPS) is 11.0. The maximum atomic E-state index is 12.6. The van der Waals surface area contributed by atoms with E-state index in [9.17, 15) is 9.59 Å². The van der Waals surface area contributed by atoms with Gasteiger partial charge in [0.2, 0.25) is 5.91 Å². The highest BCUT2D eigenvalue weighted by Crippen LogP contribution is 2.33. The Labute approximate surface area is 183 Å². The fourth-order valence-corrected chi connectivity index (χ4v) is 4.82. The molecule has 3 aromatic rings. The third-order valence-corrected chi connectivity index (χ3v) is 6.71. The number of rotatable bonds is 8. The van der Waals surface area contributed by atoms with Gasteiger partial charge in [0.25, 0.3) is 0 Å². The molecule has 3 aromatic heterocycles. The number of hydrogen-bond acceptors (Lipinski definition) is 8. The Hall–Kier alpha value is -2.59. The third-order valence-electron chi connectivity index (χ3n) is 4.62. The lowest BCUT2D eigenvalue weighted by molar-refractivity contribution is -0.113. The Balaban J connectivity index is 1.74. The van der Waals surface area contributed by atoms with E-state index >= 15 is 0 Å². The molecule has 0 aromatic carbocycles. The van der Waals surface area contributed by atoms with E-state index in [1.54, 1.807) is 6.26 Å². The fraction of sp³-hybridized carbons (Fsp3) is 0.400. The second kappa shape index (κ2) is 9.48. The zero-order chi connectivity index (χ0) is 21.8. The van der Waals surface area contributed by atoms with Gasteiger partial charge in [-0.3, -0.25) is 4.79 Å². The van der Waals surface area contributed by atoms with Gasteiger partial charge in [0.1, 0.15) is 10.8 Å². The fourth-order valence-electron chi connectivity index (χ4n) is 2.99. The molecule has 1 N–H and O–H groups in total. The molecular weight excluding hydrogens is 424 g/mol. The van der Waals surface area contributed by atoms with Crippen LogP contribution in [0.5, 0.6) is 0 Å². The molecule has 0 atom stereocenters. The van der Waals surface area contributed by atoms with Gasteiger partial charge in [0.05, 0.1) is 30.3 Å². The van der Waals surface area contributed by atoms with Crippen LogP contribution >= 0.6 is 23.1 Å². The third kappa shape index (κ3) is 4.44. The van der Waals surface area contributed by atoms with Gasteiger partial charge in [-0.15, -0.1) is 21.5 Å². The van der Waals surface area contributed by atoms with Crippen LogP contribution in [-0.4, -0.2) is 39.5 Å². The molecule has 0 aliphatic carbocycles. The zero-order valence-corrected chi connectivity index (χ0v) is 19.2. The van der Waals surface area contributed by atoms with E-state index in [1.165, 1.54) is 30.2 Å². The van der Waals surface area contributed by atoms with E-state index in [2.05, 4.69) is 22.4 Å². The van der Waals surface area contributed by atoms with Crippen LogP contribution in [0.3, 0.4) is 0 Å². The summed E-state index contributed by atoms with van der Waals surface area (Å²) in [6, 6.07) is 1.86. The van der Waals surface area contributed by atoms with Crippen molar-refractivity contribution >= 4 is 40.0 Å². The molecule has 0 spiro atoms. The first-order valence-corrected chi connectivity index (χ1v) is 11.3. The number of aryl methyl sites for hydroxylation is 2. The van der Waals surface area contributed by atoms with Gasteiger partial charge in [-0.1, -0.05) is 18.7 Å². The number of nitrogens with one attached hydrogen (secondary N) is 1. The molecule has 0 aliphatic rings. The molecule has 0 saturated heterocycles. The Kier molecular flexibility index (Phi) is 6.99. The van der Waals surface area contributed by atoms with Crippen molar-refractivity contribution in [2.24, 2.45) is 0 Å². The Morgan fingerprint density at radius 1 is 1.30 bits per heavy atom. The maximum absolute atomic E-state index is 12.6. The lowest BCUT2D eigenvalue weighted by atomic mass is 10.1. The molecule has 10 heteroatoms. The highest BCUT2D eigenvalue weighted by atomic mass is 32.2. The molecule has 160 valence electrons. The number of aromatic nitrogens is 3. The van der Waals surface area contributed by atoms with Crippen molar-refractivity contribution in [2.45, 2.75) is 45.8 Å². The standard InChI is InChI=1S/C20H24N4O4S2/c1-6-8-24-17(14-7-9-28-12(14)3)22-23-20(24)29-10-15(25)21-18-16(19(26)27-5)11(2)13(4)30-18/h7,9H,6,8,10H2,1-5H3,(H,21,25). The Morgan fingerprint density at radius 2 is 2.07 bits per heavy atom. The molecule has 0 aliphatic heterocycles. The van der Waals surface area contributed by atoms with Crippen molar-refractivity contribution in [2.75, 3.05) is 18.2 Å². The number of nitrogens with zero attached hydrogens (tertiary/aromatic N) is 3. The predicted molar refractivity (Wildman–Crippen MR) is 117 cm³/mol. The van der Waals surface area contributed by atoms with Crippen molar-refractivity contribution in [3.63, 3.8) is 0 Å². The van der Waals surface area contributed by atoms with Crippen molar-refractivity contribution in [3.8, 4) is 11.4 Å². The van der Waals surface area contributed by atoms with Crippen LogP contribution in [0.2, 0.25) is 0 Å². The number of anilines is 1. The molecule has 0 fully saturated rings. The van der Waals surface area contributed by atoms with Crippen molar-refractivity contribution in [3.05, 3.63) is 34.1 Å². The average molecular weight is 449 g/mol. The van der Waals surface area contributed by atoms with Gasteiger partial charge in [-0.05, 0) is 38.8 Å². The molecule has 3 heterocycles. The van der Waals surface area contributed by atoms with E-state index in [-0.39, 0.29) is 11.7 Å². The minimum Gasteiger partial charge on any atom is -0.469 e. The van der Waals surface area contributed by atoms with Crippen LogP contribution in [0.25, 0.3) is 11.4 Å². The van der Waals surface area contributed by atoms with Crippen LogP contribution in [0.1, 0.15) is 39.9 Å². The average Bonchev–Trinajstić information content (AvgIpc) is 3.38. The zero-order valence-electron chi connectivity index (χ0n) is 17.6. The highest BCUT2D eigenvalue weighted by molar-refractivity contribution is 7.99. The molecule has 0 bridgehead atoms. The summed E-state index contributed by atoms with van der Waals surface area (Å²) in [4.78, 5) is 25.6. The molecule has 0 unspecified atom stereocenters. The van der Waals surface area contributed by atoms with Gasteiger partial charge >= 0.3 is 5.97 Å². The molecule has 8 nitrogen and oxygen atoms in total. The molecule has 0 saturated carbocycles. The minimum absolute atomic E-state index is 0.142. The summed E-state index contributed by atoms with van der Waals surface area (Å²) in [5, 5.41) is 12.6. The number of hydrogen-bond donors (Lipinski definition) is 1. The van der Waals surface area contributed by atoms with Crippen LogP contribution in [0.15, 0.2) is 21.9 Å².